The normalized spacial score (nSPS) is 29.7. The average molecular weight is 291 g/mol. The molecule has 19 heavy (non-hydrogen) atoms. The zero-order valence-electron chi connectivity index (χ0n) is 11.4. The largest absolute Gasteiger partial charge is 0.378 e. The lowest BCUT2D eigenvalue weighted by Crippen LogP contribution is -2.51. The second kappa shape index (κ2) is 6.99. The van der Waals surface area contributed by atoms with Gasteiger partial charge in [0.25, 0.3) is 10.2 Å². The van der Waals surface area contributed by atoms with E-state index in [2.05, 4.69) is 4.72 Å². The molecule has 2 aliphatic rings. The van der Waals surface area contributed by atoms with Gasteiger partial charge in [0.05, 0.1) is 6.10 Å². The van der Waals surface area contributed by atoms with Gasteiger partial charge in [-0.05, 0) is 32.1 Å². The topological polar surface area (TPSA) is 84.7 Å². The van der Waals surface area contributed by atoms with E-state index in [-0.39, 0.29) is 12.1 Å². The monoisotopic (exact) mass is 291 g/mol. The van der Waals surface area contributed by atoms with E-state index in [1.54, 1.807) is 0 Å². The number of piperidine rings is 1. The van der Waals surface area contributed by atoms with E-state index in [1.165, 1.54) is 4.31 Å². The summed E-state index contributed by atoms with van der Waals surface area (Å²) in [6, 6.07) is -0.0472. The third-order valence-corrected chi connectivity index (χ3v) is 5.60. The van der Waals surface area contributed by atoms with Crippen molar-refractivity contribution in [2.45, 2.75) is 50.7 Å². The van der Waals surface area contributed by atoms with E-state index < -0.39 is 10.2 Å². The van der Waals surface area contributed by atoms with Crippen molar-refractivity contribution in [1.82, 2.24) is 9.03 Å². The standard InChI is InChI=1S/C12H25N3O3S/c13-10-11-4-1-2-8-15(11)19(16,17)14-7-6-12-5-3-9-18-12/h11-12,14H,1-10,13H2. The first kappa shape index (κ1) is 15.2. The quantitative estimate of drug-likeness (QED) is 0.732. The molecule has 0 radical (unpaired) electrons. The zero-order valence-corrected chi connectivity index (χ0v) is 12.2. The van der Waals surface area contributed by atoms with Gasteiger partial charge in [0.15, 0.2) is 0 Å². The molecule has 0 spiro atoms. The highest BCUT2D eigenvalue weighted by Crippen LogP contribution is 2.19. The van der Waals surface area contributed by atoms with Crippen LogP contribution in [0, 0.1) is 0 Å². The molecule has 2 heterocycles. The maximum absolute atomic E-state index is 12.2. The first-order valence-electron chi connectivity index (χ1n) is 7.21. The van der Waals surface area contributed by atoms with Crippen LogP contribution in [0.3, 0.4) is 0 Å². The molecule has 2 fully saturated rings. The smallest absolute Gasteiger partial charge is 0.279 e. The molecule has 3 N–H and O–H groups in total. The fraction of sp³-hybridized carbons (Fsp3) is 1.00. The number of hydrogen-bond acceptors (Lipinski definition) is 4. The molecule has 112 valence electrons. The van der Waals surface area contributed by atoms with Gasteiger partial charge in [0.1, 0.15) is 0 Å². The molecule has 2 aliphatic heterocycles. The molecule has 2 unspecified atom stereocenters. The molecule has 0 aromatic heterocycles. The summed E-state index contributed by atoms with van der Waals surface area (Å²) < 4.78 is 34.2. The molecule has 0 aromatic carbocycles. The number of nitrogens with zero attached hydrogens (tertiary/aromatic N) is 1. The van der Waals surface area contributed by atoms with Crippen LogP contribution in [0.1, 0.15) is 38.5 Å². The van der Waals surface area contributed by atoms with Crippen molar-refractivity contribution >= 4 is 10.2 Å². The number of nitrogens with one attached hydrogen (secondary N) is 1. The minimum absolute atomic E-state index is 0.0472. The van der Waals surface area contributed by atoms with Crippen LogP contribution in [0.25, 0.3) is 0 Å². The molecule has 0 saturated carbocycles. The molecule has 0 amide bonds. The Balaban J connectivity index is 1.82. The summed E-state index contributed by atoms with van der Waals surface area (Å²) in [5.74, 6) is 0. The van der Waals surface area contributed by atoms with Crippen molar-refractivity contribution < 1.29 is 13.2 Å². The van der Waals surface area contributed by atoms with Gasteiger partial charge in [-0.25, -0.2) is 4.72 Å². The van der Waals surface area contributed by atoms with Gasteiger partial charge in [0, 0.05) is 32.3 Å². The third-order valence-electron chi connectivity index (χ3n) is 3.93. The molecule has 2 saturated heterocycles. The Bertz CT molecular complexity index is 368. The van der Waals surface area contributed by atoms with Crippen molar-refractivity contribution in [3.8, 4) is 0 Å². The summed E-state index contributed by atoms with van der Waals surface area (Å²) >= 11 is 0. The van der Waals surface area contributed by atoms with E-state index in [1.807, 2.05) is 0 Å². The van der Waals surface area contributed by atoms with Crippen molar-refractivity contribution in [3.63, 3.8) is 0 Å². The number of rotatable bonds is 6. The first-order valence-corrected chi connectivity index (χ1v) is 8.65. The number of ether oxygens (including phenoxy) is 1. The van der Waals surface area contributed by atoms with E-state index in [0.29, 0.717) is 19.6 Å². The fourth-order valence-electron chi connectivity index (χ4n) is 2.83. The Kier molecular flexibility index (Phi) is 5.58. The molecule has 7 heteroatoms. The van der Waals surface area contributed by atoms with E-state index in [4.69, 9.17) is 10.5 Å². The van der Waals surface area contributed by atoms with Crippen molar-refractivity contribution in [2.24, 2.45) is 5.73 Å². The van der Waals surface area contributed by atoms with Gasteiger partial charge in [-0.2, -0.15) is 12.7 Å². The Hall–Kier alpha value is -0.210. The fourth-order valence-corrected chi connectivity index (χ4v) is 4.32. The van der Waals surface area contributed by atoms with E-state index >= 15 is 0 Å². The zero-order chi connectivity index (χ0) is 13.7. The molecular weight excluding hydrogens is 266 g/mol. The van der Waals surface area contributed by atoms with Crippen LogP contribution in [0.2, 0.25) is 0 Å². The minimum Gasteiger partial charge on any atom is -0.378 e. The summed E-state index contributed by atoms with van der Waals surface area (Å²) in [6.45, 7) is 2.23. The Morgan fingerprint density at radius 2 is 2.11 bits per heavy atom. The highest BCUT2D eigenvalue weighted by molar-refractivity contribution is 7.87. The molecular formula is C12H25N3O3S. The maximum atomic E-state index is 12.2. The van der Waals surface area contributed by atoms with Gasteiger partial charge in [0.2, 0.25) is 0 Å². The number of hydrogen-bond donors (Lipinski definition) is 2. The summed E-state index contributed by atoms with van der Waals surface area (Å²) in [7, 11) is -3.39. The summed E-state index contributed by atoms with van der Waals surface area (Å²) in [4.78, 5) is 0. The van der Waals surface area contributed by atoms with Gasteiger partial charge in [-0.15, -0.1) is 0 Å². The molecule has 2 atom stereocenters. The van der Waals surface area contributed by atoms with Crippen molar-refractivity contribution in [3.05, 3.63) is 0 Å². The second-order valence-corrected chi connectivity index (χ2v) is 7.03. The van der Waals surface area contributed by atoms with Gasteiger partial charge < -0.3 is 10.5 Å². The molecule has 2 rings (SSSR count). The molecule has 0 aliphatic carbocycles. The SMILES string of the molecule is NCC1CCCCN1S(=O)(=O)NCCC1CCCO1. The molecule has 0 bridgehead atoms. The Labute approximate surface area is 115 Å². The lowest BCUT2D eigenvalue weighted by Gasteiger charge is -2.33. The van der Waals surface area contributed by atoms with E-state index in [9.17, 15) is 8.42 Å². The highest BCUT2D eigenvalue weighted by atomic mass is 32.2. The molecule has 6 nitrogen and oxygen atoms in total. The van der Waals surface area contributed by atoms with Crippen LogP contribution in [-0.4, -0.2) is 51.1 Å². The highest BCUT2D eigenvalue weighted by Gasteiger charge is 2.31. The number of nitrogens with two attached hydrogens (primary N) is 1. The van der Waals surface area contributed by atoms with Gasteiger partial charge in [-0.1, -0.05) is 6.42 Å². The summed E-state index contributed by atoms with van der Waals surface area (Å²) in [6.07, 6.45) is 5.93. The van der Waals surface area contributed by atoms with Crippen LogP contribution in [0.5, 0.6) is 0 Å². The lowest BCUT2D eigenvalue weighted by molar-refractivity contribution is 0.105. The minimum atomic E-state index is -3.39. The van der Waals surface area contributed by atoms with E-state index in [0.717, 1.165) is 45.1 Å². The van der Waals surface area contributed by atoms with Crippen LogP contribution >= 0.6 is 0 Å². The van der Waals surface area contributed by atoms with Crippen molar-refractivity contribution in [2.75, 3.05) is 26.2 Å². The van der Waals surface area contributed by atoms with Crippen LogP contribution in [0.15, 0.2) is 0 Å². The van der Waals surface area contributed by atoms with Gasteiger partial charge in [-0.3, -0.25) is 0 Å². The summed E-state index contributed by atoms with van der Waals surface area (Å²) in [5, 5.41) is 0. The second-order valence-electron chi connectivity index (χ2n) is 5.32. The summed E-state index contributed by atoms with van der Waals surface area (Å²) in [5.41, 5.74) is 5.66. The Morgan fingerprint density at radius 1 is 1.26 bits per heavy atom. The first-order chi connectivity index (χ1) is 9.13. The predicted molar refractivity (Wildman–Crippen MR) is 73.9 cm³/mol. The molecule has 0 aromatic rings. The van der Waals surface area contributed by atoms with Crippen LogP contribution < -0.4 is 10.5 Å². The van der Waals surface area contributed by atoms with Crippen molar-refractivity contribution in [1.29, 1.82) is 0 Å². The lowest BCUT2D eigenvalue weighted by atomic mass is 10.1. The predicted octanol–water partition coefficient (Wildman–Crippen LogP) is 0.203. The average Bonchev–Trinajstić information content (AvgIpc) is 2.91. The van der Waals surface area contributed by atoms with Crippen LogP contribution in [-0.2, 0) is 14.9 Å². The van der Waals surface area contributed by atoms with Crippen LogP contribution in [0.4, 0.5) is 0 Å². The Morgan fingerprint density at radius 3 is 2.79 bits per heavy atom. The van der Waals surface area contributed by atoms with Gasteiger partial charge >= 0.3 is 0 Å². The third kappa shape index (κ3) is 4.13. The maximum Gasteiger partial charge on any atom is 0.279 e.